The van der Waals surface area contributed by atoms with Gasteiger partial charge < -0.3 is 9.72 Å². The highest BCUT2D eigenvalue weighted by molar-refractivity contribution is 5.98. The molecular weight excluding hydrogens is 244 g/mol. The standard InChI is InChI=1S/C13H12N4O2/c1-2-19-13(18)8-3-10-11(9-5-16-17-6-9)7-15-12(10)14-4-8/h3-7H,2H2,1H3,(H,14,15)(H,16,17). The second-order valence-electron chi connectivity index (χ2n) is 4.03. The summed E-state index contributed by atoms with van der Waals surface area (Å²) >= 11 is 0. The van der Waals surface area contributed by atoms with Gasteiger partial charge in [-0.25, -0.2) is 9.78 Å². The summed E-state index contributed by atoms with van der Waals surface area (Å²) in [6.45, 7) is 2.12. The fraction of sp³-hybridized carbons (Fsp3) is 0.154. The zero-order valence-corrected chi connectivity index (χ0v) is 10.3. The molecule has 6 nitrogen and oxygen atoms in total. The first kappa shape index (κ1) is 11.5. The molecule has 0 aliphatic carbocycles. The van der Waals surface area contributed by atoms with Crippen LogP contribution in [0.25, 0.3) is 22.2 Å². The molecule has 0 saturated carbocycles. The molecule has 3 rings (SSSR count). The molecule has 0 atom stereocenters. The number of aromatic amines is 2. The zero-order valence-electron chi connectivity index (χ0n) is 10.3. The van der Waals surface area contributed by atoms with Crippen molar-refractivity contribution in [1.29, 1.82) is 0 Å². The molecule has 3 heterocycles. The molecule has 96 valence electrons. The fourth-order valence-corrected chi connectivity index (χ4v) is 1.97. The van der Waals surface area contributed by atoms with Crippen LogP contribution in [0, 0.1) is 0 Å². The van der Waals surface area contributed by atoms with Crippen molar-refractivity contribution < 1.29 is 9.53 Å². The van der Waals surface area contributed by atoms with E-state index in [2.05, 4.69) is 20.2 Å². The number of fused-ring (bicyclic) bond motifs is 1. The van der Waals surface area contributed by atoms with E-state index in [4.69, 9.17) is 4.74 Å². The van der Waals surface area contributed by atoms with Crippen molar-refractivity contribution >= 4 is 17.0 Å². The highest BCUT2D eigenvalue weighted by Crippen LogP contribution is 2.27. The molecule has 6 heteroatoms. The van der Waals surface area contributed by atoms with Crippen molar-refractivity contribution in [3.05, 3.63) is 36.4 Å². The molecule has 3 aromatic heterocycles. The summed E-state index contributed by atoms with van der Waals surface area (Å²) in [6, 6.07) is 1.78. The molecule has 0 aliphatic heterocycles. The second kappa shape index (κ2) is 4.56. The second-order valence-corrected chi connectivity index (χ2v) is 4.03. The largest absolute Gasteiger partial charge is 0.462 e. The Hall–Kier alpha value is -2.63. The summed E-state index contributed by atoms with van der Waals surface area (Å²) in [6.07, 6.45) is 6.87. The van der Waals surface area contributed by atoms with E-state index in [0.29, 0.717) is 12.2 Å². The molecule has 0 aliphatic rings. The van der Waals surface area contributed by atoms with Gasteiger partial charge in [0.15, 0.2) is 0 Å². The number of carbonyl (C=O) groups is 1. The third-order valence-electron chi connectivity index (χ3n) is 2.85. The SMILES string of the molecule is CCOC(=O)c1cnc2[nH]cc(-c3cn[nH]c3)c2c1. The Balaban J connectivity index is 2.11. The maximum absolute atomic E-state index is 11.7. The van der Waals surface area contributed by atoms with Crippen LogP contribution in [0.4, 0.5) is 0 Å². The first-order valence-corrected chi connectivity index (χ1v) is 5.93. The Morgan fingerprint density at radius 1 is 1.37 bits per heavy atom. The highest BCUT2D eigenvalue weighted by Gasteiger charge is 2.12. The Morgan fingerprint density at radius 2 is 2.26 bits per heavy atom. The Kier molecular flexibility index (Phi) is 2.75. The van der Waals surface area contributed by atoms with E-state index in [1.807, 2.05) is 6.20 Å². The van der Waals surface area contributed by atoms with Crippen LogP contribution in [-0.2, 0) is 4.74 Å². The van der Waals surface area contributed by atoms with E-state index in [0.717, 1.165) is 22.2 Å². The van der Waals surface area contributed by atoms with Gasteiger partial charge in [-0.05, 0) is 13.0 Å². The van der Waals surface area contributed by atoms with Gasteiger partial charge in [0.25, 0.3) is 0 Å². The van der Waals surface area contributed by atoms with Gasteiger partial charge in [-0.3, -0.25) is 5.10 Å². The van der Waals surface area contributed by atoms with Gasteiger partial charge in [0.2, 0.25) is 0 Å². The van der Waals surface area contributed by atoms with E-state index < -0.39 is 0 Å². The number of nitrogens with one attached hydrogen (secondary N) is 2. The lowest BCUT2D eigenvalue weighted by molar-refractivity contribution is 0.0526. The molecule has 0 fully saturated rings. The summed E-state index contributed by atoms with van der Waals surface area (Å²) < 4.78 is 4.98. The van der Waals surface area contributed by atoms with Gasteiger partial charge in [-0.2, -0.15) is 5.10 Å². The number of rotatable bonds is 3. The lowest BCUT2D eigenvalue weighted by Gasteiger charge is -2.01. The van der Waals surface area contributed by atoms with Gasteiger partial charge >= 0.3 is 5.97 Å². The van der Waals surface area contributed by atoms with Crippen LogP contribution < -0.4 is 0 Å². The molecule has 0 radical (unpaired) electrons. The first-order valence-electron chi connectivity index (χ1n) is 5.93. The van der Waals surface area contributed by atoms with Crippen LogP contribution in [0.5, 0.6) is 0 Å². The predicted octanol–water partition coefficient (Wildman–Crippen LogP) is 2.13. The molecule has 2 N–H and O–H groups in total. The Labute approximate surface area is 108 Å². The number of H-pyrrole nitrogens is 2. The Morgan fingerprint density at radius 3 is 3.00 bits per heavy atom. The normalized spacial score (nSPS) is 10.8. The van der Waals surface area contributed by atoms with Crippen molar-refractivity contribution in [3.63, 3.8) is 0 Å². The average Bonchev–Trinajstić information content (AvgIpc) is 3.06. The van der Waals surface area contributed by atoms with E-state index in [1.54, 1.807) is 25.4 Å². The van der Waals surface area contributed by atoms with Gasteiger partial charge in [0, 0.05) is 35.1 Å². The van der Waals surface area contributed by atoms with E-state index >= 15 is 0 Å². The number of carbonyl (C=O) groups excluding carboxylic acids is 1. The highest BCUT2D eigenvalue weighted by atomic mass is 16.5. The minimum atomic E-state index is -0.365. The summed E-state index contributed by atoms with van der Waals surface area (Å²) in [5, 5.41) is 7.55. The van der Waals surface area contributed by atoms with Crippen LogP contribution in [0.1, 0.15) is 17.3 Å². The summed E-state index contributed by atoms with van der Waals surface area (Å²) in [5.74, 6) is -0.365. The number of esters is 1. The maximum atomic E-state index is 11.7. The van der Waals surface area contributed by atoms with Crippen molar-refractivity contribution in [2.45, 2.75) is 6.92 Å². The third-order valence-corrected chi connectivity index (χ3v) is 2.85. The van der Waals surface area contributed by atoms with Crippen molar-refractivity contribution in [3.8, 4) is 11.1 Å². The quantitative estimate of drug-likeness (QED) is 0.703. The fourth-order valence-electron chi connectivity index (χ4n) is 1.97. The number of nitrogens with zero attached hydrogens (tertiary/aromatic N) is 2. The monoisotopic (exact) mass is 256 g/mol. The van der Waals surface area contributed by atoms with Crippen LogP contribution >= 0.6 is 0 Å². The van der Waals surface area contributed by atoms with Crippen LogP contribution in [0.2, 0.25) is 0 Å². The summed E-state index contributed by atoms with van der Waals surface area (Å²) in [5.41, 5.74) is 3.06. The average molecular weight is 256 g/mol. The van der Waals surface area contributed by atoms with E-state index in [9.17, 15) is 4.79 Å². The van der Waals surface area contributed by atoms with Gasteiger partial charge in [-0.1, -0.05) is 0 Å². The van der Waals surface area contributed by atoms with E-state index in [-0.39, 0.29) is 5.97 Å². The van der Waals surface area contributed by atoms with Crippen LogP contribution in [0.15, 0.2) is 30.9 Å². The molecule has 0 spiro atoms. The molecule has 0 unspecified atom stereocenters. The zero-order chi connectivity index (χ0) is 13.2. The number of pyridine rings is 1. The molecule has 0 bridgehead atoms. The van der Waals surface area contributed by atoms with Gasteiger partial charge in [-0.15, -0.1) is 0 Å². The van der Waals surface area contributed by atoms with Crippen LogP contribution in [0.3, 0.4) is 0 Å². The first-order chi connectivity index (χ1) is 9.29. The molecule has 0 saturated heterocycles. The van der Waals surface area contributed by atoms with Crippen molar-refractivity contribution in [2.24, 2.45) is 0 Å². The molecule has 0 aromatic carbocycles. The van der Waals surface area contributed by atoms with Crippen LogP contribution in [-0.4, -0.2) is 32.7 Å². The number of hydrogen-bond acceptors (Lipinski definition) is 4. The number of hydrogen-bond donors (Lipinski definition) is 2. The molecule has 19 heavy (non-hydrogen) atoms. The molecular formula is C13H12N4O2. The predicted molar refractivity (Wildman–Crippen MR) is 69.6 cm³/mol. The summed E-state index contributed by atoms with van der Waals surface area (Å²) in [4.78, 5) is 19.0. The minimum absolute atomic E-state index is 0.346. The lowest BCUT2D eigenvalue weighted by Crippen LogP contribution is -2.04. The number of aromatic nitrogens is 4. The minimum Gasteiger partial charge on any atom is -0.462 e. The number of ether oxygens (including phenoxy) is 1. The van der Waals surface area contributed by atoms with Gasteiger partial charge in [0.1, 0.15) is 5.65 Å². The topological polar surface area (TPSA) is 83.7 Å². The third kappa shape index (κ3) is 1.97. The smallest absolute Gasteiger partial charge is 0.339 e. The van der Waals surface area contributed by atoms with Crippen molar-refractivity contribution in [2.75, 3.05) is 6.61 Å². The van der Waals surface area contributed by atoms with E-state index in [1.165, 1.54) is 6.20 Å². The van der Waals surface area contributed by atoms with Gasteiger partial charge in [0.05, 0.1) is 18.4 Å². The Bertz CT molecular complexity index is 715. The maximum Gasteiger partial charge on any atom is 0.339 e. The van der Waals surface area contributed by atoms with Crippen molar-refractivity contribution in [1.82, 2.24) is 20.2 Å². The molecule has 0 amide bonds. The summed E-state index contributed by atoms with van der Waals surface area (Å²) in [7, 11) is 0. The molecule has 3 aromatic rings. The lowest BCUT2D eigenvalue weighted by atomic mass is 10.1.